The van der Waals surface area contributed by atoms with E-state index in [0.717, 1.165) is 5.56 Å². The van der Waals surface area contributed by atoms with E-state index < -0.39 is 0 Å². The number of pyridine rings is 1. The molecule has 7 heteroatoms. The van der Waals surface area contributed by atoms with E-state index >= 15 is 0 Å². The van der Waals surface area contributed by atoms with E-state index in [1.165, 1.54) is 14.2 Å². The average Bonchev–Trinajstić information content (AvgIpc) is 2.80. The van der Waals surface area contributed by atoms with Gasteiger partial charge in [0, 0.05) is 29.6 Å². The Hall–Kier alpha value is -3.74. The summed E-state index contributed by atoms with van der Waals surface area (Å²) in [4.78, 5) is 16.4. The lowest BCUT2D eigenvalue weighted by Crippen LogP contribution is -2.12. The van der Waals surface area contributed by atoms with Crippen LogP contribution < -0.4 is 25.3 Å². The molecule has 2 aromatic carbocycles. The van der Waals surface area contributed by atoms with Crippen molar-refractivity contribution in [3.05, 3.63) is 72.1 Å². The van der Waals surface area contributed by atoms with Gasteiger partial charge in [0.1, 0.15) is 23.9 Å². The van der Waals surface area contributed by atoms with E-state index in [1.54, 1.807) is 36.7 Å². The first-order valence-electron chi connectivity index (χ1n) is 9.54. The third kappa shape index (κ3) is 6.13. The van der Waals surface area contributed by atoms with E-state index in [1.807, 2.05) is 38.1 Å². The van der Waals surface area contributed by atoms with E-state index in [2.05, 4.69) is 10.3 Å². The highest BCUT2D eigenvalue weighted by molar-refractivity contribution is 6.04. The minimum atomic E-state index is -0.259. The topological polar surface area (TPSA) is 95.7 Å². The number of ether oxygens (including phenoxy) is 3. The molecule has 1 heterocycles. The minimum absolute atomic E-state index is 0.259. The van der Waals surface area contributed by atoms with Gasteiger partial charge in [-0.2, -0.15) is 0 Å². The Morgan fingerprint density at radius 3 is 2.20 bits per heavy atom. The van der Waals surface area contributed by atoms with Gasteiger partial charge in [-0.1, -0.05) is 26.0 Å². The maximum atomic E-state index is 12.5. The second-order valence-electron chi connectivity index (χ2n) is 5.95. The number of anilines is 2. The zero-order valence-corrected chi connectivity index (χ0v) is 17.6. The molecule has 3 aromatic rings. The van der Waals surface area contributed by atoms with Crippen molar-refractivity contribution < 1.29 is 19.0 Å². The smallest absolute Gasteiger partial charge is 0.255 e. The lowest BCUT2D eigenvalue weighted by molar-refractivity contribution is 0.102. The molecule has 0 atom stereocenters. The summed E-state index contributed by atoms with van der Waals surface area (Å²) in [6, 6.07) is 14.1. The van der Waals surface area contributed by atoms with Crippen LogP contribution in [0.25, 0.3) is 0 Å². The number of carbonyl (C=O) groups is 1. The summed E-state index contributed by atoms with van der Waals surface area (Å²) in [5, 5.41) is 2.85. The van der Waals surface area contributed by atoms with Crippen molar-refractivity contribution >= 4 is 17.3 Å². The van der Waals surface area contributed by atoms with Gasteiger partial charge in [-0.25, -0.2) is 0 Å². The number of amides is 1. The van der Waals surface area contributed by atoms with Crippen LogP contribution in [0.4, 0.5) is 11.4 Å². The Labute approximate surface area is 176 Å². The molecule has 30 heavy (non-hydrogen) atoms. The van der Waals surface area contributed by atoms with Crippen LogP contribution in [0.3, 0.4) is 0 Å². The molecule has 0 saturated heterocycles. The summed E-state index contributed by atoms with van der Waals surface area (Å²) < 4.78 is 16.1. The molecule has 0 fully saturated rings. The number of nitrogens with one attached hydrogen (secondary N) is 1. The predicted molar refractivity (Wildman–Crippen MR) is 118 cm³/mol. The second kappa shape index (κ2) is 11.3. The highest BCUT2D eigenvalue weighted by Crippen LogP contribution is 2.24. The van der Waals surface area contributed by atoms with Crippen LogP contribution in [0.1, 0.15) is 29.8 Å². The Bertz CT molecular complexity index is 937. The van der Waals surface area contributed by atoms with Crippen molar-refractivity contribution in [2.75, 3.05) is 25.3 Å². The number of hydrogen-bond acceptors (Lipinski definition) is 6. The summed E-state index contributed by atoms with van der Waals surface area (Å²) in [6.45, 7) is 4.36. The van der Waals surface area contributed by atoms with Crippen molar-refractivity contribution in [2.24, 2.45) is 0 Å². The zero-order valence-electron chi connectivity index (χ0n) is 17.6. The molecule has 3 rings (SSSR count). The quantitative estimate of drug-likeness (QED) is 0.595. The van der Waals surface area contributed by atoms with Gasteiger partial charge in [-0.3, -0.25) is 9.78 Å². The molecule has 0 aliphatic heterocycles. The zero-order chi connectivity index (χ0) is 21.9. The number of benzene rings is 2. The molecule has 0 unspecified atom stereocenters. The van der Waals surface area contributed by atoms with Crippen LogP contribution in [0.2, 0.25) is 0 Å². The average molecular weight is 409 g/mol. The third-order valence-corrected chi connectivity index (χ3v) is 4.03. The summed E-state index contributed by atoms with van der Waals surface area (Å²) in [5.74, 6) is 1.42. The molecule has 0 spiro atoms. The molecule has 1 aromatic heterocycles. The number of nitrogen functional groups attached to an aromatic ring is 1. The van der Waals surface area contributed by atoms with Gasteiger partial charge in [-0.15, -0.1) is 0 Å². The maximum absolute atomic E-state index is 12.5. The summed E-state index contributed by atoms with van der Waals surface area (Å²) in [5.41, 5.74) is 8.34. The van der Waals surface area contributed by atoms with E-state index in [4.69, 9.17) is 19.9 Å². The second-order valence-corrected chi connectivity index (χ2v) is 5.95. The van der Waals surface area contributed by atoms with Crippen molar-refractivity contribution in [1.82, 2.24) is 4.98 Å². The number of nitrogens with two attached hydrogens (primary N) is 1. The molecular weight excluding hydrogens is 382 g/mol. The van der Waals surface area contributed by atoms with E-state index in [9.17, 15) is 4.79 Å². The SMILES string of the molecule is CC.COc1cc(OC)cc(C(=O)Nc2ccc(COc3ccncc3N)cc2)c1. The van der Waals surface area contributed by atoms with Gasteiger partial charge in [0.15, 0.2) is 0 Å². The van der Waals surface area contributed by atoms with Crippen LogP contribution >= 0.6 is 0 Å². The first-order valence-corrected chi connectivity index (χ1v) is 9.54. The molecule has 7 nitrogen and oxygen atoms in total. The van der Waals surface area contributed by atoms with Gasteiger partial charge < -0.3 is 25.3 Å². The molecule has 0 aliphatic carbocycles. The lowest BCUT2D eigenvalue weighted by Gasteiger charge is -2.11. The van der Waals surface area contributed by atoms with Gasteiger partial charge in [-0.05, 0) is 29.8 Å². The Morgan fingerprint density at radius 2 is 1.63 bits per heavy atom. The first-order chi connectivity index (χ1) is 14.6. The van der Waals surface area contributed by atoms with Crippen molar-refractivity contribution in [3.63, 3.8) is 0 Å². The van der Waals surface area contributed by atoms with Gasteiger partial charge in [0.2, 0.25) is 0 Å². The third-order valence-electron chi connectivity index (χ3n) is 4.03. The lowest BCUT2D eigenvalue weighted by atomic mass is 10.1. The number of rotatable bonds is 7. The van der Waals surface area contributed by atoms with Crippen molar-refractivity contribution in [3.8, 4) is 17.2 Å². The fraction of sp³-hybridized carbons (Fsp3) is 0.217. The maximum Gasteiger partial charge on any atom is 0.255 e. The molecule has 0 saturated carbocycles. The van der Waals surface area contributed by atoms with Gasteiger partial charge in [0.05, 0.1) is 26.1 Å². The highest BCUT2D eigenvalue weighted by Gasteiger charge is 2.10. The normalized spacial score (nSPS) is 9.73. The number of aromatic nitrogens is 1. The Balaban J connectivity index is 0.00000155. The van der Waals surface area contributed by atoms with Gasteiger partial charge >= 0.3 is 0 Å². The molecular formula is C23H27N3O4. The summed E-state index contributed by atoms with van der Waals surface area (Å²) in [7, 11) is 3.08. The number of carbonyl (C=O) groups excluding carboxylic acids is 1. The fourth-order valence-corrected chi connectivity index (χ4v) is 2.51. The van der Waals surface area contributed by atoms with Gasteiger partial charge in [0.25, 0.3) is 5.91 Å². The van der Waals surface area contributed by atoms with Crippen molar-refractivity contribution in [1.29, 1.82) is 0 Å². The Morgan fingerprint density at radius 1 is 1.00 bits per heavy atom. The number of methoxy groups -OCH3 is 2. The molecule has 0 bridgehead atoms. The molecule has 0 radical (unpaired) electrons. The number of hydrogen-bond donors (Lipinski definition) is 2. The summed E-state index contributed by atoms with van der Waals surface area (Å²) in [6.07, 6.45) is 3.17. The highest BCUT2D eigenvalue weighted by atomic mass is 16.5. The summed E-state index contributed by atoms with van der Waals surface area (Å²) >= 11 is 0. The predicted octanol–water partition coefficient (Wildman–Crippen LogP) is 4.54. The van der Waals surface area contributed by atoms with Crippen molar-refractivity contribution in [2.45, 2.75) is 20.5 Å². The van der Waals surface area contributed by atoms with Crippen LogP contribution in [0, 0.1) is 0 Å². The number of nitrogens with zero attached hydrogens (tertiary/aromatic N) is 1. The Kier molecular flexibility index (Phi) is 8.50. The molecule has 0 aliphatic rings. The van der Waals surface area contributed by atoms with E-state index in [0.29, 0.717) is 40.8 Å². The van der Waals surface area contributed by atoms with Crippen LogP contribution in [-0.2, 0) is 6.61 Å². The molecule has 3 N–H and O–H groups in total. The molecule has 1 amide bonds. The van der Waals surface area contributed by atoms with E-state index in [-0.39, 0.29) is 5.91 Å². The van der Waals surface area contributed by atoms with Crippen LogP contribution in [0.15, 0.2) is 60.9 Å². The van der Waals surface area contributed by atoms with Crippen LogP contribution in [0.5, 0.6) is 17.2 Å². The standard InChI is InChI=1S/C21H21N3O4.C2H6/c1-26-17-9-15(10-18(11-17)27-2)21(25)24-16-5-3-14(4-6-16)13-28-20-7-8-23-12-19(20)22;1-2/h3-12H,13,22H2,1-2H3,(H,24,25);1-2H3. The monoisotopic (exact) mass is 409 g/mol. The van der Waals surface area contributed by atoms with Crippen LogP contribution in [-0.4, -0.2) is 25.1 Å². The minimum Gasteiger partial charge on any atom is -0.497 e. The fourth-order valence-electron chi connectivity index (χ4n) is 2.51. The largest absolute Gasteiger partial charge is 0.497 e. The first kappa shape index (κ1) is 22.5. The molecule has 158 valence electrons.